The summed E-state index contributed by atoms with van der Waals surface area (Å²) in [4.78, 5) is 2.96. The highest BCUT2D eigenvalue weighted by molar-refractivity contribution is 7.89. The topological polar surface area (TPSA) is 88.0 Å². The van der Waals surface area contributed by atoms with Crippen LogP contribution in [-0.2, 0) is 10.0 Å². The van der Waals surface area contributed by atoms with Gasteiger partial charge in [0.1, 0.15) is 0 Å². The van der Waals surface area contributed by atoms with Crippen molar-refractivity contribution in [3.8, 4) is 0 Å². The van der Waals surface area contributed by atoms with Gasteiger partial charge >= 0.3 is 0 Å². The van der Waals surface area contributed by atoms with Gasteiger partial charge in [0.25, 0.3) is 0 Å². The van der Waals surface area contributed by atoms with Gasteiger partial charge in [0.15, 0.2) is 0 Å². The molecule has 4 N–H and O–H groups in total. The summed E-state index contributed by atoms with van der Waals surface area (Å²) in [5.41, 5.74) is 5.55. The second-order valence-electron chi connectivity index (χ2n) is 4.23. The van der Waals surface area contributed by atoms with E-state index >= 15 is 0 Å². The number of hydrogen-bond donors (Lipinski definition) is 3. The summed E-state index contributed by atoms with van der Waals surface area (Å²) in [5.74, 6) is 0.405. The first kappa shape index (κ1) is 13.2. The van der Waals surface area contributed by atoms with Crippen molar-refractivity contribution in [1.29, 1.82) is 0 Å². The van der Waals surface area contributed by atoms with Crippen molar-refractivity contribution < 1.29 is 8.42 Å². The molecule has 0 radical (unpaired) electrons. The summed E-state index contributed by atoms with van der Waals surface area (Å²) in [6.45, 7) is 4.38. The van der Waals surface area contributed by atoms with Gasteiger partial charge in [0, 0.05) is 25.0 Å². The molecule has 1 heterocycles. The van der Waals surface area contributed by atoms with Crippen LogP contribution in [0, 0.1) is 5.92 Å². The van der Waals surface area contributed by atoms with Crippen molar-refractivity contribution in [1.82, 2.24) is 9.71 Å². The molecule has 0 saturated carbocycles. The molecule has 1 aromatic rings. The fourth-order valence-corrected chi connectivity index (χ4v) is 2.76. The van der Waals surface area contributed by atoms with Crippen LogP contribution < -0.4 is 10.5 Å². The highest BCUT2D eigenvalue weighted by atomic mass is 32.2. The van der Waals surface area contributed by atoms with Gasteiger partial charge in [-0.3, -0.25) is 0 Å². The summed E-state index contributed by atoms with van der Waals surface area (Å²) in [5, 5.41) is 0. The molecule has 1 unspecified atom stereocenters. The largest absolute Gasteiger partial charge is 0.366 e. The third-order valence-electron chi connectivity index (χ3n) is 2.24. The quantitative estimate of drug-likeness (QED) is 0.688. The molecular weight excluding hydrogens is 226 g/mol. The van der Waals surface area contributed by atoms with E-state index in [9.17, 15) is 8.42 Å². The maximum atomic E-state index is 11.9. The summed E-state index contributed by atoms with van der Waals surface area (Å²) in [6, 6.07) is 1.31. The van der Waals surface area contributed by atoms with Crippen molar-refractivity contribution in [2.75, 3.05) is 6.54 Å². The number of hydrogen-bond acceptors (Lipinski definition) is 3. The molecule has 16 heavy (non-hydrogen) atoms. The predicted molar refractivity (Wildman–Crippen MR) is 63.4 cm³/mol. The molecule has 0 fully saturated rings. The van der Waals surface area contributed by atoms with Crippen LogP contribution in [0.3, 0.4) is 0 Å². The second-order valence-corrected chi connectivity index (χ2v) is 5.94. The zero-order chi connectivity index (χ0) is 12.2. The number of H-pyrrole nitrogens is 1. The smallest absolute Gasteiger partial charge is 0.242 e. The zero-order valence-electron chi connectivity index (χ0n) is 9.60. The zero-order valence-corrected chi connectivity index (χ0v) is 10.4. The first-order valence-electron chi connectivity index (χ1n) is 5.31. The van der Waals surface area contributed by atoms with Crippen LogP contribution in [0.15, 0.2) is 23.4 Å². The van der Waals surface area contributed by atoms with E-state index in [0.717, 1.165) is 6.42 Å². The Balaban J connectivity index is 2.71. The van der Waals surface area contributed by atoms with E-state index in [0.29, 0.717) is 12.5 Å². The highest BCUT2D eigenvalue weighted by Gasteiger charge is 2.19. The van der Waals surface area contributed by atoms with E-state index in [-0.39, 0.29) is 10.9 Å². The van der Waals surface area contributed by atoms with Crippen molar-refractivity contribution in [2.45, 2.75) is 31.2 Å². The number of aromatic amines is 1. The maximum Gasteiger partial charge on any atom is 0.242 e. The fourth-order valence-electron chi connectivity index (χ4n) is 1.52. The van der Waals surface area contributed by atoms with Gasteiger partial charge in [-0.1, -0.05) is 13.8 Å². The third kappa shape index (κ3) is 3.62. The van der Waals surface area contributed by atoms with E-state index in [1.807, 2.05) is 13.8 Å². The summed E-state index contributed by atoms with van der Waals surface area (Å²) >= 11 is 0. The van der Waals surface area contributed by atoms with Gasteiger partial charge in [-0.25, -0.2) is 13.1 Å². The van der Waals surface area contributed by atoms with Gasteiger partial charge in [-0.15, -0.1) is 0 Å². The van der Waals surface area contributed by atoms with Crippen molar-refractivity contribution in [3.63, 3.8) is 0 Å². The van der Waals surface area contributed by atoms with Crippen LogP contribution in [0.1, 0.15) is 20.3 Å². The monoisotopic (exact) mass is 245 g/mol. The molecule has 5 nitrogen and oxygen atoms in total. The Labute approximate surface area is 96.5 Å². The fraction of sp³-hybridized carbons (Fsp3) is 0.600. The molecule has 0 bridgehead atoms. The molecule has 0 amide bonds. The molecule has 1 aromatic heterocycles. The van der Waals surface area contributed by atoms with Gasteiger partial charge in [0.05, 0.1) is 4.90 Å². The summed E-state index contributed by atoms with van der Waals surface area (Å²) < 4.78 is 26.3. The lowest BCUT2D eigenvalue weighted by Gasteiger charge is -2.18. The van der Waals surface area contributed by atoms with Crippen molar-refractivity contribution in [3.05, 3.63) is 18.5 Å². The molecule has 0 saturated heterocycles. The molecule has 92 valence electrons. The van der Waals surface area contributed by atoms with E-state index in [1.54, 1.807) is 6.20 Å². The third-order valence-corrected chi connectivity index (χ3v) is 3.76. The molecule has 1 atom stereocenters. The Kier molecular flexibility index (Phi) is 4.52. The average Bonchev–Trinajstić information content (AvgIpc) is 2.68. The van der Waals surface area contributed by atoms with E-state index in [1.165, 1.54) is 12.3 Å². The van der Waals surface area contributed by atoms with Gasteiger partial charge in [-0.05, 0) is 18.4 Å². The first-order chi connectivity index (χ1) is 7.45. The standard InChI is InChI=1S/C10H19N3O2S/c1-8(2)5-9(6-11)13-16(14,15)10-3-4-12-7-10/h3-4,7-9,12-13H,5-6,11H2,1-2H3. The SMILES string of the molecule is CC(C)CC(CN)NS(=O)(=O)c1cc[nH]c1. The lowest BCUT2D eigenvalue weighted by molar-refractivity contribution is 0.465. The summed E-state index contributed by atoms with van der Waals surface area (Å²) in [6.07, 6.45) is 3.76. The van der Waals surface area contributed by atoms with Crippen molar-refractivity contribution >= 4 is 10.0 Å². The lowest BCUT2D eigenvalue weighted by atomic mass is 10.1. The molecule has 0 aliphatic heterocycles. The molecule has 0 aliphatic carbocycles. The van der Waals surface area contributed by atoms with Crippen molar-refractivity contribution in [2.24, 2.45) is 11.7 Å². The minimum Gasteiger partial charge on any atom is -0.366 e. The maximum absolute atomic E-state index is 11.9. The number of aromatic nitrogens is 1. The van der Waals surface area contributed by atoms with Crippen LogP contribution in [-0.4, -0.2) is 26.0 Å². The Morgan fingerprint density at radius 1 is 1.50 bits per heavy atom. The van der Waals surface area contributed by atoms with Crippen LogP contribution in [0.5, 0.6) is 0 Å². The van der Waals surface area contributed by atoms with Crippen LogP contribution in [0.25, 0.3) is 0 Å². The molecule has 6 heteroatoms. The number of nitrogens with one attached hydrogen (secondary N) is 2. The average molecular weight is 245 g/mol. The van der Waals surface area contributed by atoms with Crippen LogP contribution in [0.4, 0.5) is 0 Å². The van der Waals surface area contributed by atoms with E-state index in [2.05, 4.69) is 9.71 Å². The second kappa shape index (κ2) is 5.47. The van der Waals surface area contributed by atoms with E-state index < -0.39 is 10.0 Å². The van der Waals surface area contributed by atoms with Gasteiger partial charge in [-0.2, -0.15) is 0 Å². The Bertz CT molecular complexity index is 398. The molecular formula is C10H19N3O2S. The molecule has 0 aromatic carbocycles. The van der Waals surface area contributed by atoms with Crippen LogP contribution >= 0.6 is 0 Å². The number of rotatable bonds is 6. The molecule has 0 spiro atoms. The Morgan fingerprint density at radius 2 is 2.19 bits per heavy atom. The number of nitrogens with two attached hydrogens (primary N) is 1. The highest BCUT2D eigenvalue weighted by Crippen LogP contribution is 2.10. The predicted octanol–water partition coefficient (Wildman–Crippen LogP) is 0.666. The lowest BCUT2D eigenvalue weighted by Crippen LogP contribution is -2.40. The summed E-state index contributed by atoms with van der Waals surface area (Å²) in [7, 11) is -3.44. The molecule has 1 rings (SSSR count). The normalized spacial score (nSPS) is 14.2. The van der Waals surface area contributed by atoms with Gasteiger partial charge < -0.3 is 10.7 Å². The first-order valence-corrected chi connectivity index (χ1v) is 6.79. The van der Waals surface area contributed by atoms with Crippen LogP contribution in [0.2, 0.25) is 0 Å². The van der Waals surface area contributed by atoms with E-state index in [4.69, 9.17) is 5.73 Å². The minimum absolute atomic E-state index is 0.208. The molecule has 0 aliphatic rings. The Morgan fingerprint density at radius 3 is 2.62 bits per heavy atom. The number of sulfonamides is 1. The van der Waals surface area contributed by atoms with Gasteiger partial charge in [0.2, 0.25) is 10.0 Å². The Hall–Kier alpha value is -0.850. The minimum atomic E-state index is -3.44.